The van der Waals surface area contributed by atoms with Crippen LogP contribution in [-0.2, 0) is 9.53 Å². The molecule has 1 unspecified atom stereocenters. The minimum atomic E-state index is -0.389. The highest BCUT2D eigenvalue weighted by Gasteiger charge is 2.15. The number of likely N-dealkylation sites (N-methyl/N-ethyl adjacent to an activating group) is 1. The summed E-state index contributed by atoms with van der Waals surface area (Å²) in [7, 11) is 3.11. The van der Waals surface area contributed by atoms with Crippen LogP contribution in [0.15, 0.2) is 67.3 Å². The van der Waals surface area contributed by atoms with Gasteiger partial charge in [0.25, 0.3) is 0 Å². The maximum atomic E-state index is 12.5. The van der Waals surface area contributed by atoms with Crippen molar-refractivity contribution in [2.75, 3.05) is 14.2 Å². The summed E-state index contributed by atoms with van der Waals surface area (Å²) < 4.78 is 6.35. The summed E-state index contributed by atoms with van der Waals surface area (Å²) in [4.78, 5) is 29.6. The van der Waals surface area contributed by atoms with Gasteiger partial charge in [-0.05, 0) is 48.4 Å². The fraction of sp³-hybridized carbons (Fsp3) is 0.182. The second kappa shape index (κ2) is 8.97. The molecular formula is C22H22N4O3. The molecule has 2 aromatic carbocycles. The first-order valence-electron chi connectivity index (χ1n) is 9.08. The van der Waals surface area contributed by atoms with Crippen molar-refractivity contribution < 1.29 is 14.3 Å². The van der Waals surface area contributed by atoms with Crippen LogP contribution in [0.25, 0.3) is 11.8 Å². The number of rotatable bonds is 6. The van der Waals surface area contributed by atoms with Gasteiger partial charge >= 0.3 is 5.97 Å². The van der Waals surface area contributed by atoms with Gasteiger partial charge in [-0.3, -0.25) is 4.79 Å². The molecule has 0 aliphatic carbocycles. The van der Waals surface area contributed by atoms with Crippen LogP contribution in [0.3, 0.4) is 0 Å². The van der Waals surface area contributed by atoms with E-state index < -0.39 is 0 Å². The maximum absolute atomic E-state index is 12.5. The second-order valence-corrected chi connectivity index (χ2v) is 6.50. The third-order valence-corrected chi connectivity index (χ3v) is 4.74. The van der Waals surface area contributed by atoms with Gasteiger partial charge in [0.05, 0.1) is 24.4 Å². The van der Waals surface area contributed by atoms with Gasteiger partial charge in [-0.1, -0.05) is 24.3 Å². The van der Waals surface area contributed by atoms with Gasteiger partial charge in [-0.2, -0.15) is 5.10 Å². The van der Waals surface area contributed by atoms with Crippen molar-refractivity contribution in [3.63, 3.8) is 0 Å². The second-order valence-electron chi connectivity index (χ2n) is 6.50. The molecule has 0 radical (unpaired) electrons. The van der Waals surface area contributed by atoms with E-state index in [9.17, 15) is 9.59 Å². The molecular weight excluding hydrogens is 368 g/mol. The summed E-state index contributed by atoms with van der Waals surface area (Å²) in [6.45, 7) is 1.97. The standard InChI is InChI=1S/C22H22N4O3/c1-16(18-9-11-20(12-10-18)26-15-23-14-24-26)25(2)21(27)13-6-17-4-7-19(8-5-17)22(28)29-3/h4-16H,1-3H3/b13-6+. The largest absolute Gasteiger partial charge is 0.465 e. The van der Waals surface area contributed by atoms with Gasteiger partial charge in [-0.25, -0.2) is 14.5 Å². The first-order valence-corrected chi connectivity index (χ1v) is 9.08. The molecule has 0 aliphatic rings. The van der Waals surface area contributed by atoms with Crippen molar-refractivity contribution >= 4 is 18.0 Å². The van der Waals surface area contributed by atoms with Crippen LogP contribution in [0.2, 0.25) is 0 Å². The Morgan fingerprint density at radius 3 is 2.38 bits per heavy atom. The van der Waals surface area contributed by atoms with Crippen LogP contribution in [0.5, 0.6) is 0 Å². The molecule has 1 atom stereocenters. The molecule has 0 saturated carbocycles. The summed E-state index contributed by atoms with van der Waals surface area (Å²) in [5, 5.41) is 4.10. The van der Waals surface area contributed by atoms with Crippen molar-refractivity contribution in [1.29, 1.82) is 0 Å². The van der Waals surface area contributed by atoms with E-state index in [2.05, 4.69) is 14.8 Å². The van der Waals surface area contributed by atoms with Crippen LogP contribution in [0, 0.1) is 0 Å². The summed E-state index contributed by atoms with van der Waals surface area (Å²) in [5.41, 5.74) is 3.21. The average Bonchev–Trinajstić information content (AvgIpc) is 3.31. The van der Waals surface area contributed by atoms with E-state index in [-0.39, 0.29) is 17.9 Å². The number of amides is 1. The Labute approximate surface area is 169 Å². The number of carbonyl (C=O) groups excluding carboxylic acids is 2. The summed E-state index contributed by atoms with van der Waals surface area (Å²) in [6, 6.07) is 14.6. The molecule has 148 valence electrons. The van der Waals surface area contributed by atoms with Crippen LogP contribution < -0.4 is 0 Å². The Kier molecular flexibility index (Phi) is 6.19. The van der Waals surface area contributed by atoms with Gasteiger partial charge in [0, 0.05) is 13.1 Å². The number of hydrogen-bond donors (Lipinski definition) is 0. The van der Waals surface area contributed by atoms with Gasteiger partial charge < -0.3 is 9.64 Å². The lowest BCUT2D eigenvalue weighted by atomic mass is 10.1. The third-order valence-electron chi connectivity index (χ3n) is 4.74. The van der Waals surface area contributed by atoms with E-state index in [1.807, 2.05) is 31.2 Å². The van der Waals surface area contributed by atoms with Gasteiger partial charge in [0.15, 0.2) is 0 Å². The fourth-order valence-corrected chi connectivity index (χ4v) is 2.79. The predicted molar refractivity (Wildman–Crippen MR) is 109 cm³/mol. The molecule has 7 nitrogen and oxygen atoms in total. The number of benzene rings is 2. The Bertz CT molecular complexity index is 994. The fourth-order valence-electron chi connectivity index (χ4n) is 2.79. The molecule has 0 N–H and O–H groups in total. The normalized spacial score (nSPS) is 12.0. The van der Waals surface area contributed by atoms with E-state index in [0.717, 1.165) is 16.8 Å². The molecule has 3 rings (SSSR count). The van der Waals surface area contributed by atoms with Crippen LogP contribution in [0.4, 0.5) is 0 Å². The van der Waals surface area contributed by atoms with E-state index in [1.165, 1.54) is 19.5 Å². The molecule has 0 bridgehead atoms. The first-order chi connectivity index (χ1) is 14.0. The highest BCUT2D eigenvalue weighted by Crippen LogP contribution is 2.21. The topological polar surface area (TPSA) is 77.3 Å². The Morgan fingerprint density at radius 2 is 1.79 bits per heavy atom. The van der Waals surface area contributed by atoms with Crippen LogP contribution in [0.1, 0.15) is 34.5 Å². The summed E-state index contributed by atoms with van der Waals surface area (Å²) in [6.07, 6.45) is 6.36. The third kappa shape index (κ3) is 4.76. The average molecular weight is 390 g/mol. The number of nitrogens with zero attached hydrogens (tertiary/aromatic N) is 4. The minimum absolute atomic E-state index is 0.0985. The molecule has 1 amide bonds. The molecule has 7 heteroatoms. The van der Waals surface area contributed by atoms with Gasteiger partial charge in [-0.15, -0.1) is 0 Å². The minimum Gasteiger partial charge on any atom is -0.465 e. The molecule has 3 aromatic rings. The molecule has 0 spiro atoms. The van der Waals surface area contributed by atoms with Crippen LogP contribution >= 0.6 is 0 Å². The maximum Gasteiger partial charge on any atom is 0.337 e. The van der Waals surface area contributed by atoms with Crippen LogP contribution in [-0.4, -0.2) is 45.7 Å². The lowest BCUT2D eigenvalue weighted by Crippen LogP contribution is -2.27. The van der Waals surface area contributed by atoms with Gasteiger partial charge in [0.2, 0.25) is 5.91 Å². The summed E-state index contributed by atoms with van der Waals surface area (Å²) >= 11 is 0. The smallest absolute Gasteiger partial charge is 0.337 e. The first kappa shape index (κ1) is 20.0. The number of esters is 1. The van der Waals surface area contributed by atoms with Crippen molar-refractivity contribution in [3.05, 3.63) is 84.0 Å². The van der Waals surface area contributed by atoms with Crippen molar-refractivity contribution in [3.8, 4) is 5.69 Å². The number of ether oxygens (including phenoxy) is 1. The summed E-state index contributed by atoms with van der Waals surface area (Å²) in [5.74, 6) is -0.505. The zero-order valence-electron chi connectivity index (χ0n) is 16.5. The lowest BCUT2D eigenvalue weighted by Gasteiger charge is -2.24. The van der Waals surface area contributed by atoms with E-state index in [1.54, 1.807) is 53.3 Å². The van der Waals surface area contributed by atoms with Gasteiger partial charge in [0.1, 0.15) is 12.7 Å². The zero-order chi connectivity index (χ0) is 20.8. The highest BCUT2D eigenvalue weighted by molar-refractivity contribution is 5.92. The Balaban J connectivity index is 1.64. The molecule has 29 heavy (non-hydrogen) atoms. The zero-order valence-corrected chi connectivity index (χ0v) is 16.5. The molecule has 0 fully saturated rings. The predicted octanol–water partition coefficient (Wildman–Crippen LogP) is 3.29. The molecule has 1 aromatic heterocycles. The van der Waals surface area contributed by atoms with Crippen molar-refractivity contribution in [2.45, 2.75) is 13.0 Å². The molecule has 0 aliphatic heterocycles. The molecule has 0 saturated heterocycles. The number of hydrogen-bond acceptors (Lipinski definition) is 5. The quantitative estimate of drug-likeness (QED) is 0.477. The van der Waals surface area contributed by atoms with E-state index in [0.29, 0.717) is 5.56 Å². The SMILES string of the molecule is COC(=O)c1ccc(/C=C/C(=O)N(C)C(C)c2ccc(-n3cncn3)cc2)cc1. The number of aromatic nitrogens is 3. The Hall–Kier alpha value is -3.74. The van der Waals surface area contributed by atoms with E-state index in [4.69, 9.17) is 0 Å². The Morgan fingerprint density at radius 1 is 1.10 bits per heavy atom. The number of methoxy groups -OCH3 is 1. The van der Waals surface area contributed by atoms with Crippen molar-refractivity contribution in [2.24, 2.45) is 0 Å². The monoisotopic (exact) mass is 390 g/mol. The number of carbonyl (C=O) groups is 2. The lowest BCUT2D eigenvalue weighted by molar-refractivity contribution is -0.126. The van der Waals surface area contributed by atoms with E-state index >= 15 is 0 Å². The highest BCUT2D eigenvalue weighted by atomic mass is 16.5. The van der Waals surface area contributed by atoms with Crippen molar-refractivity contribution in [1.82, 2.24) is 19.7 Å². The molecule has 1 heterocycles.